The molecule has 0 radical (unpaired) electrons. The fourth-order valence-electron chi connectivity index (χ4n) is 2.84. The predicted molar refractivity (Wildman–Crippen MR) is 120 cm³/mol. The number of esters is 2. The molecule has 0 N–H and O–H groups in total. The summed E-state index contributed by atoms with van der Waals surface area (Å²) in [4.78, 5) is 41.1. The molecular formula is C22H23N3O6S. The van der Waals surface area contributed by atoms with Crippen molar-refractivity contribution in [1.82, 2.24) is 4.98 Å². The summed E-state index contributed by atoms with van der Waals surface area (Å²) < 4.78 is 15.2. The van der Waals surface area contributed by atoms with Gasteiger partial charge in [-0.15, -0.1) is 0 Å². The predicted octanol–water partition coefficient (Wildman–Crippen LogP) is 3.38. The molecule has 0 atom stereocenters. The Labute approximate surface area is 189 Å². The largest absolute Gasteiger partial charge is 0.482 e. The minimum Gasteiger partial charge on any atom is -0.482 e. The molecule has 1 aromatic carbocycles. The zero-order valence-corrected chi connectivity index (χ0v) is 19.0. The molecule has 32 heavy (non-hydrogen) atoms. The number of carbonyl (C=O) groups is 3. The van der Waals surface area contributed by atoms with Gasteiger partial charge in [-0.2, -0.15) is 10.1 Å². The van der Waals surface area contributed by atoms with Gasteiger partial charge >= 0.3 is 11.9 Å². The van der Waals surface area contributed by atoms with E-state index in [4.69, 9.17) is 14.2 Å². The van der Waals surface area contributed by atoms with Crippen LogP contribution < -0.4 is 9.75 Å². The van der Waals surface area contributed by atoms with E-state index in [0.717, 1.165) is 16.9 Å². The van der Waals surface area contributed by atoms with Gasteiger partial charge in [0.1, 0.15) is 10.6 Å². The number of rotatable bonds is 8. The first-order valence-corrected chi connectivity index (χ1v) is 10.8. The molecule has 3 rings (SSSR count). The Bertz CT molecular complexity index is 1090. The summed E-state index contributed by atoms with van der Waals surface area (Å²) in [5.74, 6) is -0.739. The zero-order chi connectivity index (χ0) is 23.3. The van der Waals surface area contributed by atoms with Crippen molar-refractivity contribution in [3.05, 3.63) is 46.0 Å². The minimum atomic E-state index is -0.470. The maximum Gasteiger partial charge on any atom is 0.350 e. The summed E-state index contributed by atoms with van der Waals surface area (Å²) in [5.41, 5.74) is 2.19. The lowest BCUT2D eigenvalue weighted by molar-refractivity contribution is -0.145. The second-order valence-electron chi connectivity index (χ2n) is 6.65. The van der Waals surface area contributed by atoms with E-state index in [9.17, 15) is 14.4 Å². The molecule has 2 aromatic rings. The van der Waals surface area contributed by atoms with Crippen molar-refractivity contribution in [3.8, 4) is 5.75 Å². The minimum absolute atomic E-state index is 0.172. The zero-order valence-electron chi connectivity index (χ0n) is 18.2. The lowest BCUT2D eigenvalue weighted by Crippen LogP contribution is -2.21. The highest BCUT2D eigenvalue weighted by Gasteiger charge is 2.32. The number of anilines is 1. The number of aromatic nitrogens is 1. The molecule has 2 heterocycles. The van der Waals surface area contributed by atoms with Crippen LogP contribution in [0.5, 0.6) is 5.75 Å². The number of aryl methyl sites for hydroxylation is 1. The molecule has 0 saturated heterocycles. The summed E-state index contributed by atoms with van der Waals surface area (Å²) in [6.45, 7) is 7.25. The Hall–Kier alpha value is -3.53. The van der Waals surface area contributed by atoms with Crippen LogP contribution in [-0.4, -0.2) is 48.4 Å². The first-order chi connectivity index (χ1) is 15.3. The average Bonchev–Trinajstić information content (AvgIpc) is 3.28. The summed E-state index contributed by atoms with van der Waals surface area (Å²) >= 11 is 1.06. The van der Waals surface area contributed by atoms with E-state index in [-0.39, 0.29) is 19.1 Å². The van der Waals surface area contributed by atoms with Gasteiger partial charge in [-0.3, -0.25) is 4.79 Å². The lowest BCUT2D eigenvalue weighted by atomic mass is 10.1. The van der Waals surface area contributed by atoms with Crippen LogP contribution in [0.1, 0.15) is 41.7 Å². The van der Waals surface area contributed by atoms with Crippen LogP contribution in [0.3, 0.4) is 0 Å². The molecular weight excluding hydrogens is 434 g/mol. The van der Waals surface area contributed by atoms with Crippen molar-refractivity contribution in [2.45, 2.75) is 27.7 Å². The second kappa shape index (κ2) is 10.2. The number of carbonyl (C=O) groups excluding carboxylic acids is 3. The topological polar surface area (TPSA) is 107 Å². The van der Waals surface area contributed by atoms with Gasteiger partial charge in [0.25, 0.3) is 5.91 Å². The standard InChI is InChI=1S/C22H23N3O6S/c1-5-29-18(26)12-31-16-9-7-15(8-10-16)11-17-13(3)24-25(20(17)27)22-23-14(4)19(32-22)21(28)30-6-2/h7-11H,5-6,12H2,1-4H3/b17-11-. The molecule has 1 aliphatic rings. The molecule has 0 bridgehead atoms. The highest BCUT2D eigenvalue weighted by atomic mass is 32.1. The first-order valence-electron chi connectivity index (χ1n) is 9.98. The van der Waals surface area contributed by atoms with Crippen LogP contribution in [0.15, 0.2) is 34.9 Å². The highest BCUT2D eigenvalue weighted by Crippen LogP contribution is 2.31. The molecule has 0 spiro atoms. The normalized spacial score (nSPS) is 14.5. The third-order valence-corrected chi connectivity index (χ3v) is 5.46. The van der Waals surface area contributed by atoms with E-state index in [1.807, 2.05) is 0 Å². The molecule has 9 nitrogen and oxygen atoms in total. The van der Waals surface area contributed by atoms with Crippen molar-refractivity contribution in [1.29, 1.82) is 0 Å². The van der Waals surface area contributed by atoms with Crippen LogP contribution in [-0.2, 0) is 19.1 Å². The third-order valence-electron chi connectivity index (χ3n) is 4.34. The maximum absolute atomic E-state index is 13.0. The van der Waals surface area contributed by atoms with Gasteiger partial charge in [0.15, 0.2) is 6.61 Å². The second-order valence-corrected chi connectivity index (χ2v) is 7.63. The van der Waals surface area contributed by atoms with Gasteiger partial charge in [0.2, 0.25) is 5.13 Å². The van der Waals surface area contributed by atoms with Crippen molar-refractivity contribution in [2.24, 2.45) is 5.10 Å². The van der Waals surface area contributed by atoms with E-state index in [0.29, 0.717) is 39.3 Å². The molecule has 1 aromatic heterocycles. The molecule has 10 heteroatoms. The first kappa shape index (κ1) is 23.1. The van der Waals surface area contributed by atoms with Crippen molar-refractivity contribution in [2.75, 3.05) is 24.8 Å². The Morgan fingerprint density at radius 3 is 2.44 bits per heavy atom. The molecule has 0 unspecified atom stereocenters. The van der Waals surface area contributed by atoms with Crippen LogP contribution in [0.2, 0.25) is 0 Å². The Kier molecular flexibility index (Phi) is 7.37. The number of ether oxygens (including phenoxy) is 3. The van der Waals surface area contributed by atoms with Crippen LogP contribution in [0, 0.1) is 6.92 Å². The molecule has 1 amide bonds. The summed E-state index contributed by atoms with van der Waals surface area (Å²) in [6.07, 6.45) is 1.71. The fraction of sp³-hybridized carbons (Fsp3) is 0.318. The SMILES string of the molecule is CCOC(=O)COc1ccc(/C=C2\C(=O)N(c3nc(C)c(C(=O)OCC)s3)N=C2C)cc1. The lowest BCUT2D eigenvalue weighted by Gasteiger charge is -2.07. The van der Waals surface area contributed by atoms with Gasteiger partial charge in [-0.05, 0) is 51.5 Å². The van der Waals surface area contributed by atoms with Crippen molar-refractivity contribution < 1.29 is 28.6 Å². The van der Waals surface area contributed by atoms with E-state index in [2.05, 4.69) is 10.1 Å². The van der Waals surface area contributed by atoms with Crippen LogP contribution >= 0.6 is 11.3 Å². The van der Waals surface area contributed by atoms with Crippen LogP contribution in [0.4, 0.5) is 5.13 Å². The molecule has 168 valence electrons. The monoisotopic (exact) mass is 457 g/mol. The van der Waals surface area contributed by atoms with Crippen LogP contribution in [0.25, 0.3) is 6.08 Å². The molecule has 0 aliphatic carbocycles. The Morgan fingerprint density at radius 2 is 1.78 bits per heavy atom. The van der Waals surface area contributed by atoms with E-state index in [1.54, 1.807) is 58.0 Å². The van der Waals surface area contributed by atoms with Gasteiger partial charge in [0, 0.05) is 0 Å². The highest BCUT2D eigenvalue weighted by molar-refractivity contribution is 7.17. The quantitative estimate of drug-likeness (QED) is 0.442. The average molecular weight is 458 g/mol. The van der Waals surface area contributed by atoms with Gasteiger partial charge in [0.05, 0.1) is 30.2 Å². The number of nitrogens with zero attached hydrogens (tertiary/aromatic N) is 3. The number of thiazole rings is 1. The summed E-state index contributed by atoms with van der Waals surface area (Å²) in [6, 6.07) is 6.93. The number of hydrogen-bond acceptors (Lipinski definition) is 9. The van der Waals surface area contributed by atoms with E-state index < -0.39 is 11.9 Å². The smallest absolute Gasteiger partial charge is 0.350 e. The van der Waals surface area contributed by atoms with Crippen molar-refractivity contribution >= 4 is 46.1 Å². The van der Waals surface area contributed by atoms with E-state index >= 15 is 0 Å². The van der Waals surface area contributed by atoms with Gasteiger partial charge in [-0.25, -0.2) is 14.6 Å². The Balaban J connectivity index is 1.73. The van der Waals surface area contributed by atoms with Gasteiger partial charge in [-0.1, -0.05) is 23.5 Å². The molecule has 0 fully saturated rings. The third kappa shape index (κ3) is 5.20. The van der Waals surface area contributed by atoms with Crippen molar-refractivity contribution in [3.63, 3.8) is 0 Å². The van der Waals surface area contributed by atoms with Gasteiger partial charge < -0.3 is 14.2 Å². The molecule has 1 aliphatic heterocycles. The maximum atomic E-state index is 13.0. The number of hydrazone groups is 1. The summed E-state index contributed by atoms with van der Waals surface area (Å²) in [5, 5.41) is 5.81. The van der Waals surface area contributed by atoms with E-state index in [1.165, 1.54) is 5.01 Å². The fourth-order valence-corrected chi connectivity index (χ4v) is 3.76. The molecule has 0 saturated carbocycles. The summed E-state index contributed by atoms with van der Waals surface area (Å²) in [7, 11) is 0. The number of benzene rings is 1. The number of amides is 1. The number of hydrogen-bond donors (Lipinski definition) is 0. The Morgan fingerprint density at radius 1 is 1.09 bits per heavy atom.